The summed E-state index contributed by atoms with van der Waals surface area (Å²) in [7, 11) is 0. The topological polar surface area (TPSA) is 27.0 Å². The van der Waals surface area contributed by atoms with Crippen LogP contribution in [0.4, 0.5) is 0 Å². The van der Waals surface area contributed by atoms with Gasteiger partial charge >= 0.3 is 0 Å². The van der Waals surface area contributed by atoms with Gasteiger partial charge in [0, 0.05) is 6.54 Å². The predicted octanol–water partition coefficient (Wildman–Crippen LogP) is 3.63. The summed E-state index contributed by atoms with van der Waals surface area (Å²) in [4.78, 5) is 2.53. The van der Waals surface area contributed by atoms with E-state index in [9.17, 15) is 5.26 Å². The summed E-state index contributed by atoms with van der Waals surface area (Å²) in [6, 6.07) is 13.4. The Bertz CT molecular complexity index is 462. The lowest BCUT2D eigenvalue weighted by Gasteiger charge is -2.42. The second-order valence-corrected chi connectivity index (χ2v) is 6.65. The number of nitriles is 1. The number of piperidine rings is 1. The first kappa shape index (κ1) is 13.6. The minimum atomic E-state index is 0.00622. The maximum absolute atomic E-state index is 9.34. The van der Waals surface area contributed by atoms with E-state index in [4.69, 9.17) is 0 Å². The van der Waals surface area contributed by atoms with Gasteiger partial charge in [0.25, 0.3) is 0 Å². The van der Waals surface area contributed by atoms with Crippen LogP contribution >= 0.6 is 0 Å². The van der Waals surface area contributed by atoms with Crippen LogP contribution in [0.1, 0.15) is 37.7 Å². The molecule has 1 aliphatic heterocycles. The molecule has 2 heteroatoms. The maximum Gasteiger partial charge on any atom is 0.0703 e. The molecule has 2 aliphatic rings. The number of rotatable bonds is 4. The standard InChI is InChI=1S/C18H24N2/c19-14-18(9-4-10-18)15-20-11-7-17(8-12-20)13-16-5-2-1-3-6-16/h1-3,5-6,17H,4,7-13,15H2. The minimum Gasteiger partial charge on any atom is -0.302 e. The van der Waals surface area contributed by atoms with Crippen LogP contribution in [0.5, 0.6) is 0 Å². The van der Waals surface area contributed by atoms with E-state index < -0.39 is 0 Å². The van der Waals surface area contributed by atoms with E-state index in [2.05, 4.69) is 41.3 Å². The van der Waals surface area contributed by atoms with Gasteiger partial charge in [-0.05, 0) is 56.7 Å². The summed E-state index contributed by atoms with van der Waals surface area (Å²) >= 11 is 0. The van der Waals surface area contributed by atoms with E-state index in [1.54, 1.807) is 0 Å². The Hall–Kier alpha value is -1.33. The zero-order valence-corrected chi connectivity index (χ0v) is 12.2. The molecule has 2 fully saturated rings. The molecule has 1 saturated heterocycles. The quantitative estimate of drug-likeness (QED) is 0.833. The van der Waals surface area contributed by atoms with Crippen LogP contribution in [-0.4, -0.2) is 24.5 Å². The molecule has 3 rings (SSSR count). The van der Waals surface area contributed by atoms with E-state index in [0.29, 0.717) is 0 Å². The molecule has 1 aromatic rings. The van der Waals surface area contributed by atoms with Crippen molar-refractivity contribution in [2.75, 3.05) is 19.6 Å². The molecule has 0 atom stereocenters. The molecule has 106 valence electrons. The molecule has 0 spiro atoms. The first-order chi connectivity index (χ1) is 9.80. The fourth-order valence-electron chi connectivity index (χ4n) is 3.63. The maximum atomic E-state index is 9.34. The van der Waals surface area contributed by atoms with Crippen molar-refractivity contribution in [3.05, 3.63) is 35.9 Å². The van der Waals surface area contributed by atoms with Gasteiger partial charge in [-0.1, -0.05) is 36.8 Å². The van der Waals surface area contributed by atoms with Gasteiger partial charge in [0.2, 0.25) is 0 Å². The van der Waals surface area contributed by atoms with Crippen molar-refractivity contribution < 1.29 is 0 Å². The van der Waals surface area contributed by atoms with Crippen molar-refractivity contribution in [3.63, 3.8) is 0 Å². The Balaban J connectivity index is 1.46. The third kappa shape index (κ3) is 3.04. The van der Waals surface area contributed by atoms with Crippen molar-refractivity contribution in [3.8, 4) is 6.07 Å². The lowest BCUT2D eigenvalue weighted by molar-refractivity contribution is 0.0910. The predicted molar refractivity (Wildman–Crippen MR) is 81.2 cm³/mol. The Morgan fingerprint density at radius 3 is 2.40 bits per heavy atom. The zero-order valence-electron chi connectivity index (χ0n) is 12.2. The second kappa shape index (κ2) is 5.97. The van der Waals surface area contributed by atoms with Crippen LogP contribution in [0.15, 0.2) is 30.3 Å². The Kier molecular flexibility index (Phi) is 4.08. The van der Waals surface area contributed by atoms with Crippen molar-refractivity contribution in [2.24, 2.45) is 11.3 Å². The number of benzene rings is 1. The fourth-order valence-corrected chi connectivity index (χ4v) is 3.63. The lowest BCUT2D eigenvalue weighted by Crippen LogP contribution is -2.44. The molecule has 0 N–H and O–H groups in total. The summed E-state index contributed by atoms with van der Waals surface area (Å²) in [5.74, 6) is 0.827. The van der Waals surface area contributed by atoms with Crippen LogP contribution in [-0.2, 0) is 6.42 Å². The van der Waals surface area contributed by atoms with E-state index in [1.165, 1.54) is 44.3 Å². The Labute approximate surface area is 122 Å². The fraction of sp³-hybridized carbons (Fsp3) is 0.611. The van der Waals surface area contributed by atoms with Crippen molar-refractivity contribution in [1.82, 2.24) is 4.90 Å². The van der Waals surface area contributed by atoms with Gasteiger partial charge in [0.05, 0.1) is 11.5 Å². The van der Waals surface area contributed by atoms with Crippen LogP contribution in [0.3, 0.4) is 0 Å². The van der Waals surface area contributed by atoms with Gasteiger partial charge in [-0.3, -0.25) is 0 Å². The van der Waals surface area contributed by atoms with Gasteiger partial charge in [-0.15, -0.1) is 0 Å². The van der Waals surface area contributed by atoms with E-state index in [1.807, 2.05) is 0 Å². The summed E-state index contributed by atoms with van der Waals surface area (Å²) in [6.07, 6.45) is 7.28. The van der Waals surface area contributed by atoms with Gasteiger partial charge in [0.15, 0.2) is 0 Å². The molecule has 20 heavy (non-hydrogen) atoms. The van der Waals surface area contributed by atoms with Gasteiger partial charge in [0.1, 0.15) is 0 Å². The van der Waals surface area contributed by atoms with Gasteiger partial charge < -0.3 is 4.90 Å². The monoisotopic (exact) mass is 268 g/mol. The zero-order chi connectivity index (χ0) is 13.8. The largest absolute Gasteiger partial charge is 0.302 e. The van der Waals surface area contributed by atoms with Crippen LogP contribution in [0.2, 0.25) is 0 Å². The summed E-state index contributed by atoms with van der Waals surface area (Å²) < 4.78 is 0. The SMILES string of the molecule is N#CC1(CN2CCC(Cc3ccccc3)CC2)CCC1. The normalized spacial score (nSPS) is 22.9. The minimum absolute atomic E-state index is 0.00622. The summed E-state index contributed by atoms with van der Waals surface area (Å²) in [5, 5.41) is 9.34. The molecule has 1 aliphatic carbocycles. The number of hydrogen-bond acceptors (Lipinski definition) is 2. The average molecular weight is 268 g/mol. The third-order valence-electron chi connectivity index (χ3n) is 5.15. The molecule has 2 nitrogen and oxygen atoms in total. The molecule has 1 saturated carbocycles. The second-order valence-electron chi connectivity index (χ2n) is 6.65. The smallest absolute Gasteiger partial charge is 0.0703 e. The summed E-state index contributed by atoms with van der Waals surface area (Å²) in [5.41, 5.74) is 1.48. The highest BCUT2D eigenvalue weighted by Crippen LogP contribution is 2.41. The molecule has 0 unspecified atom stereocenters. The van der Waals surface area contributed by atoms with E-state index >= 15 is 0 Å². The average Bonchev–Trinajstić information content (AvgIpc) is 2.46. The van der Waals surface area contributed by atoms with Crippen LogP contribution in [0.25, 0.3) is 0 Å². The molecule has 1 heterocycles. The van der Waals surface area contributed by atoms with Crippen molar-refractivity contribution in [1.29, 1.82) is 5.26 Å². The van der Waals surface area contributed by atoms with Crippen molar-refractivity contribution in [2.45, 2.75) is 38.5 Å². The van der Waals surface area contributed by atoms with E-state index in [-0.39, 0.29) is 5.41 Å². The molecule has 0 amide bonds. The number of nitrogens with zero attached hydrogens (tertiary/aromatic N) is 2. The first-order valence-electron chi connectivity index (χ1n) is 7.97. The highest BCUT2D eigenvalue weighted by atomic mass is 15.1. The van der Waals surface area contributed by atoms with E-state index in [0.717, 1.165) is 25.3 Å². The van der Waals surface area contributed by atoms with Crippen LogP contribution < -0.4 is 0 Å². The Morgan fingerprint density at radius 2 is 1.85 bits per heavy atom. The first-order valence-corrected chi connectivity index (χ1v) is 7.97. The van der Waals surface area contributed by atoms with Crippen molar-refractivity contribution >= 4 is 0 Å². The highest BCUT2D eigenvalue weighted by Gasteiger charge is 2.39. The van der Waals surface area contributed by atoms with Gasteiger partial charge in [-0.25, -0.2) is 0 Å². The molecular weight excluding hydrogens is 244 g/mol. The van der Waals surface area contributed by atoms with Gasteiger partial charge in [-0.2, -0.15) is 5.26 Å². The molecule has 1 aromatic carbocycles. The summed E-state index contributed by atoms with van der Waals surface area (Å²) in [6.45, 7) is 3.38. The molecule has 0 bridgehead atoms. The number of hydrogen-bond donors (Lipinski definition) is 0. The lowest BCUT2D eigenvalue weighted by atomic mass is 9.69. The molecule has 0 aromatic heterocycles. The third-order valence-corrected chi connectivity index (χ3v) is 5.15. The molecular formula is C18H24N2. The van der Waals surface area contributed by atoms with Crippen LogP contribution in [0, 0.1) is 22.7 Å². The Morgan fingerprint density at radius 1 is 1.15 bits per heavy atom. The molecule has 0 radical (unpaired) electrons. The highest BCUT2D eigenvalue weighted by molar-refractivity contribution is 5.15. The number of likely N-dealkylation sites (tertiary alicyclic amines) is 1.